The molecule has 3 aliphatic rings. The minimum Gasteiger partial charge on any atom is -0.508 e. The van der Waals surface area contributed by atoms with Gasteiger partial charge in [-0.05, 0) is 97.6 Å². The van der Waals surface area contributed by atoms with Crippen LogP contribution >= 0.6 is 0 Å². The standard InChI is InChI=1S/C46H74O2/c47-43-29-25-41(26-30-43)39-45-33-19-13-7-1-2-8-14-20-34-46(40-42-27-31-44(48)32-28-42,37-23-17-11-5-3-9-15-21-35-45)38-24-18-12-6-4-10-16-22-36-45/h25-32,47-48H,1-24,33-40H2. The van der Waals surface area contributed by atoms with E-state index in [9.17, 15) is 10.2 Å². The number of fused-ring (bicyclic) bond motifs is 27. The van der Waals surface area contributed by atoms with Gasteiger partial charge in [-0.3, -0.25) is 0 Å². The highest BCUT2D eigenvalue weighted by molar-refractivity contribution is 5.27. The molecule has 3 aliphatic carbocycles. The first-order valence-electron chi connectivity index (χ1n) is 21.1. The lowest BCUT2D eigenvalue weighted by molar-refractivity contribution is 0.190. The van der Waals surface area contributed by atoms with Gasteiger partial charge in [-0.15, -0.1) is 0 Å². The Balaban J connectivity index is 1.47. The molecular formula is C46H74O2. The van der Waals surface area contributed by atoms with Crippen molar-refractivity contribution in [3.8, 4) is 11.5 Å². The summed E-state index contributed by atoms with van der Waals surface area (Å²) in [5.41, 5.74) is 3.72. The molecule has 5 rings (SSSR count). The zero-order valence-corrected chi connectivity index (χ0v) is 31.1. The van der Waals surface area contributed by atoms with Crippen LogP contribution in [0.5, 0.6) is 11.5 Å². The molecule has 2 aromatic carbocycles. The molecule has 2 nitrogen and oxygen atoms in total. The normalized spacial score (nSPS) is 26.4. The van der Waals surface area contributed by atoms with Crippen LogP contribution < -0.4 is 0 Å². The summed E-state index contributed by atoms with van der Waals surface area (Å²) in [4.78, 5) is 0. The molecule has 0 aromatic heterocycles. The van der Waals surface area contributed by atoms with Gasteiger partial charge in [-0.25, -0.2) is 0 Å². The van der Waals surface area contributed by atoms with E-state index in [0.717, 1.165) is 0 Å². The summed E-state index contributed by atoms with van der Waals surface area (Å²) >= 11 is 0. The van der Waals surface area contributed by atoms with E-state index < -0.39 is 0 Å². The van der Waals surface area contributed by atoms with Crippen LogP contribution in [0.4, 0.5) is 0 Å². The minimum absolute atomic E-state index is 0.398. The van der Waals surface area contributed by atoms with E-state index in [2.05, 4.69) is 24.3 Å². The van der Waals surface area contributed by atoms with Crippen LogP contribution in [0, 0.1) is 10.8 Å². The Bertz CT molecular complexity index is 920. The molecule has 3 saturated carbocycles. The lowest BCUT2D eigenvalue weighted by Crippen LogP contribution is -2.24. The Hall–Kier alpha value is -1.96. The molecule has 2 aromatic rings. The molecule has 0 radical (unpaired) electrons. The monoisotopic (exact) mass is 659 g/mol. The van der Waals surface area contributed by atoms with Gasteiger partial charge in [0, 0.05) is 0 Å². The zero-order chi connectivity index (χ0) is 33.6. The highest BCUT2D eigenvalue weighted by Gasteiger charge is 2.30. The Kier molecular flexibility index (Phi) is 18.4. The van der Waals surface area contributed by atoms with Gasteiger partial charge in [-0.2, -0.15) is 0 Å². The highest BCUT2D eigenvalue weighted by atomic mass is 16.3. The Morgan fingerprint density at radius 1 is 0.292 bits per heavy atom. The molecule has 0 aliphatic heterocycles. The number of aromatic hydroxyl groups is 2. The average Bonchev–Trinajstić information content (AvgIpc) is 3.08. The quantitative estimate of drug-likeness (QED) is 0.343. The lowest BCUT2D eigenvalue weighted by Gasteiger charge is -2.35. The number of rotatable bonds is 4. The molecule has 0 atom stereocenters. The SMILES string of the molecule is Oc1ccc(CC23CCCCCCCCCCC(Cc4ccc(O)cc4)(CCCCCCCCCC2)CCCCCCCCCC3)cc1. The molecule has 0 saturated heterocycles. The van der Waals surface area contributed by atoms with E-state index in [0.29, 0.717) is 22.3 Å². The molecule has 0 unspecified atom stereocenters. The fraction of sp³-hybridized carbons (Fsp3) is 0.739. The van der Waals surface area contributed by atoms with Crippen molar-refractivity contribution < 1.29 is 10.2 Å². The van der Waals surface area contributed by atoms with Crippen molar-refractivity contribution in [1.82, 2.24) is 0 Å². The van der Waals surface area contributed by atoms with Crippen molar-refractivity contribution >= 4 is 0 Å². The molecule has 2 heteroatoms. The van der Waals surface area contributed by atoms with Crippen LogP contribution in [0.3, 0.4) is 0 Å². The van der Waals surface area contributed by atoms with E-state index in [1.807, 2.05) is 24.3 Å². The van der Waals surface area contributed by atoms with E-state index in [-0.39, 0.29) is 0 Å². The van der Waals surface area contributed by atoms with Gasteiger partial charge >= 0.3 is 0 Å². The van der Waals surface area contributed by atoms with Gasteiger partial charge in [0.15, 0.2) is 0 Å². The molecule has 3 fully saturated rings. The van der Waals surface area contributed by atoms with Crippen LogP contribution in [0.15, 0.2) is 48.5 Å². The van der Waals surface area contributed by atoms with Crippen LogP contribution in [-0.2, 0) is 12.8 Å². The third-order valence-corrected chi connectivity index (χ3v) is 12.5. The van der Waals surface area contributed by atoms with Crippen LogP contribution in [0.25, 0.3) is 0 Å². The van der Waals surface area contributed by atoms with Gasteiger partial charge in [0.25, 0.3) is 0 Å². The van der Waals surface area contributed by atoms with Gasteiger partial charge in [0.05, 0.1) is 0 Å². The maximum absolute atomic E-state index is 9.97. The fourth-order valence-corrected chi connectivity index (χ4v) is 9.56. The molecule has 270 valence electrons. The third-order valence-electron chi connectivity index (χ3n) is 12.5. The topological polar surface area (TPSA) is 40.5 Å². The predicted octanol–water partition coefficient (Wildman–Crippen LogP) is 14.6. The summed E-state index contributed by atoms with van der Waals surface area (Å²) in [7, 11) is 0. The summed E-state index contributed by atoms with van der Waals surface area (Å²) in [5.74, 6) is 0.796. The van der Waals surface area contributed by atoms with E-state index in [1.54, 1.807) is 0 Å². The number of benzene rings is 2. The van der Waals surface area contributed by atoms with Crippen LogP contribution in [0.1, 0.15) is 204 Å². The Labute approximate surface area is 296 Å². The molecule has 2 bridgehead atoms. The van der Waals surface area contributed by atoms with Crippen molar-refractivity contribution in [1.29, 1.82) is 0 Å². The summed E-state index contributed by atoms with van der Waals surface area (Å²) < 4.78 is 0. The molecular weight excluding hydrogens is 585 g/mol. The largest absolute Gasteiger partial charge is 0.508 e. The van der Waals surface area contributed by atoms with E-state index in [1.165, 1.54) is 217 Å². The van der Waals surface area contributed by atoms with Crippen molar-refractivity contribution in [2.45, 2.75) is 205 Å². The van der Waals surface area contributed by atoms with Crippen molar-refractivity contribution in [3.05, 3.63) is 59.7 Å². The van der Waals surface area contributed by atoms with E-state index in [4.69, 9.17) is 0 Å². The lowest BCUT2D eigenvalue weighted by atomic mass is 9.70. The second-order valence-corrected chi connectivity index (χ2v) is 16.7. The first kappa shape index (κ1) is 38.8. The third kappa shape index (κ3) is 15.3. The molecule has 2 N–H and O–H groups in total. The van der Waals surface area contributed by atoms with Crippen LogP contribution in [-0.4, -0.2) is 10.2 Å². The van der Waals surface area contributed by atoms with Crippen molar-refractivity contribution in [2.75, 3.05) is 0 Å². The Morgan fingerprint density at radius 3 is 0.688 bits per heavy atom. The smallest absolute Gasteiger partial charge is 0.115 e. The molecule has 0 spiro atoms. The number of phenols is 2. The minimum atomic E-state index is 0.398. The summed E-state index contributed by atoms with van der Waals surface area (Å²) in [6.07, 6.45) is 44.3. The van der Waals surface area contributed by atoms with Crippen molar-refractivity contribution in [2.24, 2.45) is 10.8 Å². The van der Waals surface area contributed by atoms with Crippen LogP contribution in [0.2, 0.25) is 0 Å². The number of hydrogen-bond donors (Lipinski definition) is 2. The maximum atomic E-state index is 9.97. The molecule has 0 amide bonds. The van der Waals surface area contributed by atoms with Gasteiger partial charge in [0.1, 0.15) is 11.5 Å². The van der Waals surface area contributed by atoms with Crippen molar-refractivity contribution in [3.63, 3.8) is 0 Å². The number of hydrogen-bond acceptors (Lipinski definition) is 2. The van der Waals surface area contributed by atoms with Gasteiger partial charge < -0.3 is 10.2 Å². The summed E-state index contributed by atoms with van der Waals surface area (Å²) in [5, 5.41) is 19.9. The second-order valence-electron chi connectivity index (χ2n) is 16.7. The van der Waals surface area contributed by atoms with Gasteiger partial charge in [-0.1, -0.05) is 178 Å². The predicted molar refractivity (Wildman–Crippen MR) is 207 cm³/mol. The number of phenolic OH excluding ortho intramolecular Hbond substituents is 2. The Morgan fingerprint density at radius 2 is 0.479 bits per heavy atom. The van der Waals surface area contributed by atoms with Gasteiger partial charge in [0.2, 0.25) is 0 Å². The molecule has 48 heavy (non-hydrogen) atoms. The maximum Gasteiger partial charge on any atom is 0.115 e. The average molecular weight is 659 g/mol. The second kappa shape index (κ2) is 22.7. The molecule has 0 heterocycles. The summed E-state index contributed by atoms with van der Waals surface area (Å²) in [6, 6.07) is 16.4. The summed E-state index contributed by atoms with van der Waals surface area (Å²) in [6.45, 7) is 0. The first-order chi connectivity index (χ1) is 23.6. The highest BCUT2D eigenvalue weighted by Crippen LogP contribution is 2.43. The fourth-order valence-electron chi connectivity index (χ4n) is 9.56. The first-order valence-corrected chi connectivity index (χ1v) is 21.1. The zero-order valence-electron chi connectivity index (χ0n) is 31.1. The van der Waals surface area contributed by atoms with E-state index >= 15 is 0 Å².